The van der Waals surface area contributed by atoms with E-state index >= 15 is 0 Å². The van der Waals surface area contributed by atoms with Crippen molar-refractivity contribution in [1.82, 2.24) is 24.0 Å². The van der Waals surface area contributed by atoms with E-state index in [0.717, 1.165) is 23.0 Å². The highest BCUT2D eigenvalue weighted by atomic mass is 16.6. The first-order chi connectivity index (χ1) is 19.4. The second kappa shape index (κ2) is 12.2. The van der Waals surface area contributed by atoms with Crippen LogP contribution in [0, 0.1) is 0 Å². The molecule has 11 nitrogen and oxygen atoms in total. The monoisotopic (exact) mass is 564 g/mol. The lowest BCUT2D eigenvalue weighted by Crippen LogP contribution is -2.49. The number of aryl methyl sites for hydroxylation is 1. The van der Waals surface area contributed by atoms with Crippen LogP contribution in [-0.4, -0.2) is 55.3 Å². The minimum atomic E-state index is -0.604. The first-order valence-electron chi connectivity index (χ1n) is 14.0. The Bertz CT molecular complexity index is 1570. The van der Waals surface area contributed by atoms with Crippen molar-refractivity contribution in [2.45, 2.75) is 78.6 Å². The Hall–Kier alpha value is -4.15. The topological polar surface area (TPSA) is 120 Å². The lowest BCUT2D eigenvalue weighted by molar-refractivity contribution is 0.0499. The summed E-state index contributed by atoms with van der Waals surface area (Å²) in [7, 11) is 1.59. The average molecular weight is 565 g/mol. The predicted molar refractivity (Wildman–Crippen MR) is 159 cm³/mol. The number of alkyl carbamates (subject to hydrolysis) is 1. The molecule has 0 aliphatic carbocycles. The molecule has 0 radical (unpaired) electrons. The summed E-state index contributed by atoms with van der Waals surface area (Å²) in [4.78, 5) is 59.1. The normalized spacial score (nSPS) is 15.6. The first kappa shape index (κ1) is 29.8. The van der Waals surface area contributed by atoms with Gasteiger partial charge in [-0.25, -0.2) is 9.59 Å². The largest absolute Gasteiger partial charge is 0.444 e. The van der Waals surface area contributed by atoms with Crippen LogP contribution in [0.4, 0.5) is 10.7 Å². The third-order valence-corrected chi connectivity index (χ3v) is 6.98. The number of fused-ring (bicyclic) bond motifs is 1. The van der Waals surface area contributed by atoms with Crippen molar-refractivity contribution in [3.63, 3.8) is 0 Å². The number of nitrogens with one attached hydrogen (secondary N) is 1. The zero-order valence-corrected chi connectivity index (χ0v) is 24.8. The molecule has 1 saturated heterocycles. The number of anilines is 1. The molecule has 1 aliphatic heterocycles. The van der Waals surface area contributed by atoms with Gasteiger partial charge in [0.25, 0.3) is 5.56 Å². The number of carbonyl (C=O) groups is 2. The molecule has 11 heteroatoms. The van der Waals surface area contributed by atoms with Crippen LogP contribution in [0.5, 0.6) is 0 Å². The highest BCUT2D eigenvalue weighted by Crippen LogP contribution is 2.24. The number of nitrogens with zero attached hydrogens (tertiary/aromatic N) is 5. The van der Waals surface area contributed by atoms with E-state index in [4.69, 9.17) is 9.72 Å². The van der Waals surface area contributed by atoms with Gasteiger partial charge in [-0.3, -0.25) is 18.7 Å². The molecule has 0 spiro atoms. The van der Waals surface area contributed by atoms with Gasteiger partial charge in [0.2, 0.25) is 5.95 Å². The van der Waals surface area contributed by atoms with E-state index in [0.29, 0.717) is 36.7 Å². The molecule has 1 atom stereocenters. The van der Waals surface area contributed by atoms with Gasteiger partial charge in [0.1, 0.15) is 5.60 Å². The highest BCUT2D eigenvalue weighted by Gasteiger charge is 2.29. The molecular weight excluding hydrogens is 524 g/mol. The van der Waals surface area contributed by atoms with Crippen LogP contribution in [0.3, 0.4) is 0 Å². The number of allylic oxidation sites excluding steroid dienone is 2. The van der Waals surface area contributed by atoms with Gasteiger partial charge >= 0.3 is 11.8 Å². The maximum absolute atomic E-state index is 13.8. The number of carbonyl (C=O) groups excluding carboxylic acids is 2. The summed E-state index contributed by atoms with van der Waals surface area (Å²) in [5.74, 6) is 0.411. The van der Waals surface area contributed by atoms with Crippen molar-refractivity contribution in [2.24, 2.45) is 7.05 Å². The van der Waals surface area contributed by atoms with E-state index in [1.54, 1.807) is 31.3 Å². The molecule has 220 valence electrons. The van der Waals surface area contributed by atoms with Crippen LogP contribution >= 0.6 is 0 Å². The molecule has 4 rings (SSSR count). The number of ether oxygens (including phenoxy) is 1. The van der Waals surface area contributed by atoms with E-state index < -0.39 is 22.9 Å². The fourth-order valence-electron chi connectivity index (χ4n) is 4.98. The number of aromatic nitrogens is 4. The van der Waals surface area contributed by atoms with Gasteiger partial charge in [0.05, 0.1) is 0 Å². The van der Waals surface area contributed by atoms with Gasteiger partial charge < -0.3 is 19.5 Å². The van der Waals surface area contributed by atoms with E-state index in [1.807, 2.05) is 56.2 Å². The van der Waals surface area contributed by atoms with Crippen LogP contribution in [0.15, 0.2) is 51.6 Å². The molecule has 3 aromatic rings. The maximum Gasteiger partial charge on any atom is 0.407 e. The number of piperidine rings is 1. The fourth-order valence-corrected chi connectivity index (χ4v) is 4.98. The SMILES string of the molecule is CC(C)=CCn1c(N2CCCC(NC(=O)OC(C)(C)C)C2)nc2c1c(=O)n(CCC(=O)c1ccccc1)c(=O)n2C. The van der Waals surface area contributed by atoms with Crippen molar-refractivity contribution >= 4 is 29.0 Å². The number of ketones is 1. The summed E-state index contributed by atoms with van der Waals surface area (Å²) >= 11 is 0. The van der Waals surface area contributed by atoms with Gasteiger partial charge in [0.15, 0.2) is 16.9 Å². The number of Topliss-reactive ketones (excluding diaryl/α,β-unsaturated/α-hetero) is 1. The lowest BCUT2D eigenvalue weighted by Gasteiger charge is -2.34. The van der Waals surface area contributed by atoms with E-state index in [-0.39, 0.29) is 30.4 Å². The van der Waals surface area contributed by atoms with Crippen LogP contribution in [0.25, 0.3) is 11.2 Å². The Morgan fingerprint density at radius 3 is 2.49 bits per heavy atom. The zero-order valence-electron chi connectivity index (χ0n) is 24.8. The molecule has 1 unspecified atom stereocenters. The van der Waals surface area contributed by atoms with Crippen LogP contribution in [0.1, 0.15) is 64.2 Å². The fraction of sp³-hybridized carbons (Fsp3) is 0.500. The van der Waals surface area contributed by atoms with E-state index in [1.165, 1.54) is 4.57 Å². The third kappa shape index (κ3) is 6.96. The second-order valence-electron chi connectivity index (χ2n) is 11.7. The first-order valence-corrected chi connectivity index (χ1v) is 14.0. The number of rotatable bonds is 8. The summed E-state index contributed by atoms with van der Waals surface area (Å²) in [6, 6.07) is 8.66. The van der Waals surface area contributed by atoms with Gasteiger partial charge in [-0.1, -0.05) is 42.0 Å². The van der Waals surface area contributed by atoms with Crippen LogP contribution in [-0.2, 0) is 24.9 Å². The Morgan fingerprint density at radius 1 is 1.12 bits per heavy atom. The van der Waals surface area contributed by atoms with Crippen molar-refractivity contribution in [1.29, 1.82) is 0 Å². The molecule has 1 aromatic carbocycles. The Balaban J connectivity index is 1.70. The second-order valence-corrected chi connectivity index (χ2v) is 11.7. The third-order valence-electron chi connectivity index (χ3n) is 6.98. The molecule has 1 aliphatic rings. The number of hydrogen-bond donors (Lipinski definition) is 1. The van der Waals surface area contributed by atoms with Gasteiger partial charge in [-0.2, -0.15) is 4.98 Å². The minimum Gasteiger partial charge on any atom is -0.444 e. The number of hydrogen-bond acceptors (Lipinski definition) is 7. The number of imidazole rings is 1. The molecule has 0 bridgehead atoms. The van der Waals surface area contributed by atoms with Crippen molar-refractivity contribution in [3.05, 3.63) is 68.4 Å². The summed E-state index contributed by atoms with van der Waals surface area (Å²) in [5.41, 5.74) is 0.579. The highest BCUT2D eigenvalue weighted by molar-refractivity contribution is 5.95. The molecule has 1 amide bonds. The average Bonchev–Trinajstić information content (AvgIpc) is 3.30. The molecule has 41 heavy (non-hydrogen) atoms. The smallest absolute Gasteiger partial charge is 0.407 e. The van der Waals surface area contributed by atoms with Crippen molar-refractivity contribution in [3.8, 4) is 0 Å². The Kier molecular flexibility index (Phi) is 8.84. The van der Waals surface area contributed by atoms with Gasteiger partial charge in [0, 0.05) is 51.3 Å². The quantitative estimate of drug-likeness (QED) is 0.328. The predicted octanol–water partition coefficient (Wildman–Crippen LogP) is 3.63. The van der Waals surface area contributed by atoms with Gasteiger partial charge in [-0.15, -0.1) is 0 Å². The molecule has 1 fully saturated rings. The van der Waals surface area contributed by atoms with E-state index in [9.17, 15) is 19.2 Å². The Labute approximate surface area is 239 Å². The number of benzene rings is 1. The number of amides is 1. The minimum absolute atomic E-state index is 0.0176. The summed E-state index contributed by atoms with van der Waals surface area (Å²) in [6.45, 7) is 10.9. The zero-order chi connectivity index (χ0) is 29.9. The maximum atomic E-state index is 13.8. The summed E-state index contributed by atoms with van der Waals surface area (Å²) in [6.07, 6.45) is 3.13. The van der Waals surface area contributed by atoms with Crippen molar-refractivity contribution < 1.29 is 14.3 Å². The van der Waals surface area contributed by atoms with Crippen LogP contribution in [0.2, 0.25) is 0 Å². The Morgan fingerprint density at radius 2 is 1.83 bits per heavy atom. The molecule has 2 aromatic heterocycles. The molecule has 3 heterocycles. The standard InChI is InChI=1S/C30H40N6O5/c1-20(2)14-17-35-24-25(32-27(35)34-16-10-13-22(19-34)31-28(39)41-30(3,4)5)33(6)29(40)36(26(24)38)18-15-23(37)21-11-8-7-9-12-21/h7-9,11-12,14,22H,10,13,15-19H2,1-6H3,(H,31,39). The van der Waals surface area contributed by atoms with E-state index in [2.05, 4.69) is 5.32 Å². The summed E-state index contributed by atoms with van der Waals surface area (Å²) < 4.78 is 9.76. The molecule has 1 N–H and O–H groups in total. The molecular formula is C30H40N6O5. The molecule has 0 saturated carbocycles. The van der Waals surface area contributed by atoms with Crippen LogP contribution < -0.4 is 21.5 Å². The lowest BCUT2D eigenvalue weighted by atomic mass is 10.1. The summed E-state index contributed by atoms with van der Waals surface area (Å²) in [5, 5.41) is 2.96. The van der Waals surface area contributed by atoms with Crippen molar-refractivity contribution in [2.75, 3.05) is 18.0 Å². The van der Waals surface area contributed by atoms with Gasteiger partial charge in [-0.05, 0) is 47.5 Å².